The van der Waals surface area contributed by atoms with Crippen LogP contribution in [0.4, 0.5) is 10.1 Å². The molecule has 2 atom stereocenters. The second kappa shape index (κ2) is 7.33. The lowest BCUT2D eigenvalue weighted by molar-refractivity contribution is 0.0427. The molecule has 0 spiro atoms. The summed E-state index contributed by atoms with van der Waals surface area (Å²) >= 11 is 0. The minimum absolute atomic E-state index is 0.0229. The molecule has 0 saturated carbocycles. The maximum absolute atomic E-state index is 13.4. The number of hydrogen-bond donors (Lipinski definition) is 2. The minimum Gasteiger partial charge on any atom is -0.376 e. The number of benzene rings is 2. The molecule has 5 rings (SSSR count). The first-order valence-corrected chi connectivity index (χ1v) is 9.78. The number of carbonyl (C=O) groups excluding carboxylic acids is 1. The zero-order valence-electron chi connectivity index (χ0n) is 15.8. The third-order valence-corrected chi connectivity index (χ3v) is 5.54. The van der Waals surface area contributed by atoms with Crippen molar-refractivity contribution in [3.05, 3.63) is 71.7 Å². The van der Waals surface area contributed by atoms with Crippen molar-refractivity contribution in [2.75, 3.05) is 18.5 Å². The zero-order valence-corrected chi connectivity index (χ0v) is 15.8. The Bertz CT molecular complexity index is 1030. The van der Waals surface area contributed by atoms with E-state index >= 15 is 0 Å². The van der Waals surface area contributed by atoms with Crippen LogP contribution in [0.5, 0.6) is 0 Å². The number of ether oxygens (including phenoxy) is 1. The van der Waals surface area contributed by atoms with Gasteiger partial charge in [0.05, 0.1) is 23.6 Å². The Morgan fingerprint density at radius 1 is 1.17 bits per heavy atom. The summed E-state index contributed by atoms with van der Waals surface area (Å²) in [6, 6.07) is 13.7. The molecule has 2 aromatic carbocycles. The fraction of sp³-hybridized carbons (Fsp3) is 0.273. The van der Waals surface area contributed by atoms with Crippen LogP contribution in [0.2, 0.25) is 0 Å². The van der Waals surface area contributed by atoms with Gasteiger partial charge in [0.25, 0.3) is 5.91 Å². The van der Waals surface area contributed by atoms with Crippen LogP contribution in [-0.4, -0.2) is 40.3 Å². The van der Waals surface area contributed by atoms with Crippen LogP contribution >= 0.6 is 0 Å². The van der Waals surface area contributed by atoms with E-state index in [2.05, 4.69) is 15.5 Å². The van der Waals surface area contributed by atoms with Gasteiger partial charge >= 0.3 is 0 Å². The maximum Gasteiger partial charge on any atom is 0.257 e. The van der Waals surface area contributed by atoms with Crippen LogP contribution in [0.1, 0.15) is 34.9 Å². The van der Waals surface area contributed by atoms with E-state index in [4.69, 9.17) is 4.74 Å². The van der Waals surface area contributed by atoms with Crippen LogP contribution in [0, 0.1) is 5.82 Å². The van der Waals surface area contributed by atoms with Crippen LogP contribution in [0.3, 0.4) is 0 Å². The smallest absolute Gasteiger partial charge is 0.257 e. The Labute approximate surface area is 167 Å². The van der Waals surface area contributed by atoms with E-state index in [1.165, 1.54) is 12.1 Å². The molecule has 6 nitrogen and oxygen atoms in total. The summed E-state index contributed by atoms with van der Waals surface area (Å²) in [6.45, 7) is 1.23. The second-order valence-corrected chi connectivity index (χ2v) is 7.39. The number of aromatic amines is 1. The summed E-state index contributed by atoms with van der Waals surface area (Å²) in [6.07, 6.45) is 3.29. The van der Waals surface area contributed by atoms with Crippen molar-refractivity contribution in [2.45, 2.75) is 25.1 Å². The molecular weight excluding hydrogens is 371 g/mol. The Morgan fingerprint density at radius 2 is 2.00 bits per heavy atom. The first-order chi connectivity index (χ1) is 14.2. The van der Waals surface area contributed by atoms with Gasteiger partial charge in [-0.2, -0.15) is 5.10 Å². The van der Waals surface area contributed by atoms with E-state index in [0.29, 0.717) is 12.1 Å². The van der Waals surface area contributed by atoms with Crippen molar-refractivity contribution in [3.63, 3.8) is 0 Å². The highest BCUT2D eigenvalue weighted by molar-refractivity contribution is 6.01. The average Bonchev–Trinajstić information content (AvgIpc) is 3.43. The number of para-hydroxylation sites is 1. The van der Waals surface area contributed by atoms with E-state index in [9.17, 15) is 9.18 Å². The molecular formula is C22H21FN4O2. The predicted octanol–water partition coefficient (Wildman–Crippen LogP) is 3.96. The molecule has 1 amide bonds. The molecule has 3 heterocycles. The van der Waals surface area contributed by atoms with Gasteiger partial charge in [-0.3, -0.25) is 9.89 Å². The normalized spacial score (nSPS) is 21.1. The molecule has 0 aliphatic carbocycles. The largest absolute Gasteiger partial charge is 0.376 e. The number of hydrogen-bond acceptors (Lipinski definition) is 4. The van der Waals surface area contributed by atoms with Crippen molar-refractivity contribution in [1.82, 2.24) is 15.1 Å². The van der Waals surface area contributed by atoms with Gasteiger partial charge in [0.1, 0.15) is 12.0 Å². The minimum atomic E-state index is -0.402. The number of nitrogens with zero attached hydrogens (tertiary/aromatic N) is 2. The van der Waals surface area contributed by atoms with Crippen molar-refractivity contribution < 1.29 is 13.9 Å². The van der Waals surface area contributed by atoms with Crippen LogP contribution < -0.4 is 5.32 Å². The second-order valence-electron chi connectivity index (χ2n) is 7.39. The van der Waals surface area contributed by atoms with Gasteiger partial charge in [-0.1, -0.05) is 12.1 Å². The van der Waals surface area contributed by atoms with Gasteiger partial charge in [0, 0.05) is 30.0 Å². The topological polar surface area (TPSA) is 70.2 Å². The molecule has 1 fully saturated rings. The summed E-state index contributed by atoms with van der Waals surface area (Å²) < 4.78 is 19.2. The quantitative estimate of drug-likeness (QED) is 0.705. The van der Waals surface area contributed by atoms with Crippen molar-refractivity contribution in [2.24, 2.45) is 0 Å². The molecule has 1 aromatic heterocycles. The van der Waals surface area contributed by atoms with Crippen molar-refractivity contribution in [1.29, 1.82) is 0 Å². The molecule has 3 aromatic rings. The molecule has 0 unspecified atom stereocenters. The van der Waals surface area contributed by atoms with Crippen LogP contribution in [0.25, 0.3) is 11.3 Å². The molecule has 0 bridgehead atoms. The Kier molecular flexibility index (Phi) is 4.52. The Balaban J connectivity index is 1.56. The number of fused-ring (bicyclic) bond motifs is 1. The lowest BCUT2D eigenvalue weighted by atomic mass is 10.0. The third-order valence-electron chi connectivity index (χ3n) is 5.54. The number of nitrogens with one attached hydrogen (secondary N) is 2. The third kappa shape index (κ3) is 3.27. The monoisotopic (exact) mass is 392 g/mol. The fourth-order valence-electron chi connectivity index (χ4n) is 4.08. The molecule has 29 heavy (non-hydrogen) atoms. The number of rotatable bonds is 4. The maximum atomic E-state index is 13.4. The molecule has 2 aliphatic rings. The number of aromatic nitrogens is 2. The van der Waals surface area contributed by atoms with Gasteiger partial charge < -0.3 is 15.0 Å². The molecule has 2 N–H and O–H groups in total. The highest BCUT2D eigenvalue weighted by atomic mass is 19.1. The summed E-state index contributed by atoms with van der Waals surface area (Å²) in [5.74, 6) is -0.333. The average molecular weight is 392 g/mol. The molecule has 1 saturated heterocycles. The molecule has 2 aliphatic heterocycles. The number of anilines is 1. The van der Waals surface area contributed by atoms with E-state index in [0.717, 1.165) is 42.0 Å². The summed E-state index contributed by atoms with van der Waals surface area (Å²) in [5.41, 5.74) is 3.83. The van der Waals surface area contributed by atoms with Gasteiger partial charge in [-0.25, -0.2) is 4.39 Å². The summed E-state index contributed by atoms with van der Waals surface area (Å²) in [5, 5.41) is 10.7. The number of amides is 1. The van der Waals surface area contributed by atoms with Gasteiger partial charge in [-0.05, 0) is 49.2 Å². The van der Waals surface area contributed by atoms with Crippen molar-refractivity contribution >= 4 is 11.6 Å². The Hall–Kier alpha value is -3.19. The van der Waals surface area contributed by atoms with E-state index in [-0.39, 0.29) is 17.8 Å². The highest BCUT2D eigenvalue weighted by Gasteiger charge is 2.36. The lowest BCUT2D eigenvalue weighted by Gasteiger charge is -2.39. The molecule has 148 valence electrons. The lowest BCUT2D eigenvalue weighted by Crippen LogP contribution is -2.46. The predicted molar refractivity (Wildman–Crippen MR) is 107 cm³/mol. The highest BCUT2D eigenvalue weighted by Crippen LogP contribution is 2.37. The van der Waals surface area contributed by atoms with Gasteiger partial charge in [0.2, 0.25) is 0 Å². The van der Waals surface area contributed by atoms with Crippen LogP contribution in [0.15, 0.2) is 54.7 Å². The van der Waals surface area contributed by atoms with Gasteiger partial charge in [0.15, 0.2) is 0 Å². The molecule has 7 heteroatoms. The van der Waals surface area contributed by atoms with Crippen LogP contribution in [-0.2, 0) is 4.74 Å². The van der Waals surface area contributed by atoms with E-state index in [1.807, 2.05) is 29.2 Å². The van der Waals surface area contributed by atoms with E-state index < -0.39 is 6.17 Å². The SMILES string of the molecule is O=C1c2ccccc2N[C@H](c2cn[nH]c2-c2ccc(F)cc2)N1C[C@@H]1CCCO1. The fourth-order valence-corrected chi connectivity index (χ4v) is 4.08. The summed E-state index contributed by atoms with van der Waals surface area (Å²) in [4.78, 5) is 15.2. The first kappa shape index (κ1) is 17.9. The number of H-pyrrole nitrogens is 1. The van der Waals surface area contributed by atoms with E-state index in [1.54, 1.807) is 18.3 Å². The van der Waals surface area contributed by atoms with Gasteiger partial charge in [-0.15, -0.1) is 0 Å². The Morgan fingerprint density at radius 3 is 2.79 bits per heavy atom. The van der Waals surface area contributed by atoms with Crippen molar-refractivity contribution in [3.8, 4) is 11.3 Å². The standard InChI is InChI=1S/C22H21FN4O2/c23-15-9-7-14(8-10-15)20-18(12-24-26-20)21-25-19-6-2-1-5-17(19)22(28)27(21)13-16-4-3-11-29-16/h1-2,5-10,12,16,21,25H,3-4,11,13H2,(H,24,26)/t16-,21-/m0/s1. The zero-order chi connectivity index (χ0) is 19.8. The number of carbonyl (C=O) groups is 1. The molecule has 0 radical (unpaired) electrons. The first-order valence-electron chi connectivity index (χ1n) is 9.78. The summed E-state index contributed by atoms with van der Waals surface area (Å²) in [7, 11) is 0. The number of halogens is 1.